The Morgan fingerprint density at radius 3 is 2.95 bits per heavy atom. The fraction of sp³-hybridized carbons (Fsp3) is 0.538. The molecule has 112 valence electrons. The van der Waals surface area contributed by atoms with Gasteiger partial charge in [-0.1, -0.05) is 17.7 Å². The molecular weight excluding hydrogens is 300 g/mol. The van der Waals surface area contributed by atoms with Gasteiger partial charge in [0.25, 0.3) is 0 Å². The van der Waals surface area contributed by atoms with Crippen molar-refractivity contribution >= 4 is 21.6 Å². The Bertz CT molecular complexity index is 557. The quantitative estimate of drug-likeness (QED) is 0.864. The van der Waals surface area contributed by atoms with Gasteiger partial charge in [0.1, 0.15) is 5.75 Å². The minimum absolute atomic E-state index is 0.141. The van der Waals surface area contributed by atoms with Crippen LogP contribution < -0.4 is 14.8 Å². The molecule has 2 rings (SSSR count). The van der Waals surface area contributed by atoms with E-state index in [-0.39, 0.29) is 11.8 Å². The van der Waals surface area contributed by atoms with Gasteiger partial charge in [0, 0.05) is 23.7 Å². The summed E-state index contributed by atoms with van der Waals surface area (Å²) in [5.41, 5.74) is 0.656. The molecule has 1 saturated heterocycles. The summed E-state index contributed by atoms with van der Waals surface area (Å²) in [7, 11) is -1.81. The number of halogens is 1. The average molecular weight is 319 g/mol. The van der Waals surface area contributed by atoms with E-state index in [2.05, 4.69) is 10.0 Å². The zero-order chi connectivity index (χ0) is 14.6. The summed E-state index contributed by atoms with van der Waals surface area (Å²) in [5, 5.41) is 3.21. The van der Waals surface area contributed by atoms with Crippen LogP contribution in [0.25, 0.3) is 0 Å². The number of nitrogens with one attached hydrogen (secondary N) is 2. The molecule has 1 fully saturated rings. The van der Waals surface area contributed by atoms with Gasteiger partial charge in [0.2, 0.25) is 10.0 Å². The lowest BCUT2D eigenvalue weighted by Crippen LogP contribution is -2.44. The first-order chi connectivity index (χ1) is 9.54. The van der Waals surface area contributed by atoms with Crippen LogP contribution in [-0.2, 0) is 16.6 Å². The molecule has 2 N–H and O–H groups in total. The number of hydrogen-bond donors (Lipinski definition) is 2. The standard InChI is InChI=1S/C13H19ClN2O3S/c1-19-13-6-2-5-12(14)11(13)9-16-20(17,18)10-4-3-7-15-8-10/h2,5-6,10,15-16H,3-4,7-9H2,1H3. The summed E-state index contributed by atoms with van der Waals surface area (Å²) in [6.07, 6.45) is 1.56. The Balaban J connectivity index is 2.08. The van der Waals surface area contributed by atoms with Gasteiger partial charge in [-0.15, -0.1) is 0 Å². The van der Waals surface area contributed by atoms with Crippen molar-refractivity contribution in [2.45, 2.75) is 24.6 Å². The monoisotopic (exact) mass is 318 g/mol. The molecule has 0 amide bonds. The molecule has 0 aliphatic carbocycles. The molecule has 7 heteroatoms. The maximum absolute atomic E-state index is 12.2. The lowest BCUT2D eigenvalue weighted by molar-refractivity contribution is 0.409. The van der Waals surface area contributed by atoms with Crippen molar-refractivity contribution in [1.82, 2.24) is 10.0 Å². The summed E-state index contributed by atoms with van der Waals surface area (Å²) in [6.45, 7) is 1.51. The predicted octanol–water partition coefficient (Wildman–Crippen LogP) is 1.52. The van der Waals surface area contributed by atoms with Crippen LogP contribution in [0.2, 0.25) is 5.02 Å². The minimum atomic E-state index is -3.35. The Morgan fingerprint density at radius 1 is 1.50 bits per heavy atom. The molecule has 0 aromatic heterocycles. The summed E-state index contributed by atoms with van der Waals surface area (Å²) < 4.78 is 32.3. The zero-order valence-electron chi connectivity index (χ0n) is 11.4. The number of ether oxygens (including phenoxy) is 1. The van der Waals surface area contributed by atoms with Gasteiger partial charge in [0.15, 0.2) is 0 Å². The molecule has 1 heterocycles. The van der Waals surface area contributed by atoms with Crippen molar-refractivity contribution < 1.29 is 13.2 Å². The van der Waals surface area contributed by atoms with E-state index in [1.165, 1.54) is 7.11 Å². The molecule has 0 radical (unpaired) electrons. The summed E-state index contributed by atoms with van der Waals surface area (Å²) in [6, 6.07) is 5.25. The van der Waals surface area contributed by atoms with Crippen LogP contribution in [0.4, 0.5) is 0 Å². The van der Waals surface area contributed by atoms with Crippen LogP contribution in [0.3, 0.4) is 0 Å². The minimum Gasteiger partial charge on any atom is -0.496 e. The van der Waals surface area contributed by atoms with Crippen LogP contribution in [-0.4, -0.2) is 33.9 Å². The van der Waals surface area contributed by atoms with Gasteiger partial charge >= 0.3 is 0 Å². The van der Waals surface area contributed by atoms with E-state index in [4.69, 9.17) is 16.3 Å². The zero-order valence-corrected chi connectivity index (χ0v) is 12.9. The van der Waals surface area contributed by atoms with E-state index in [1.807, 2.05) is 0 Å². The van der Waals surface area contributed by atoms with Crippen molar-refractivity contribution in [2.75, 3.05) is 20.2 Å². The highest BCUT2D eigenvalue weighted by molar-refractivity contribution is 7.90. The van der Waals surface area contributed by atoms with E-state index < -0.39 is 10.0 Å². The molecule has 1 aromatic rings. The topological polar surface area (TPSA) is 67.4 Å². The summed E-state index contributed by atoms with van der Waals surface area (Å²) >= 11 is 6.10. The van der Waals surface area contributed by atoms with Crippen LogP contribution in [0.5, 0.6) is 5.75 Å². The number of hydrogen-bond acceptors (Lipinski definition) is 4. The smallest absolute Gasteiger partial charge is 0.216 e. The van der Waals surface area contributed by atoms with Gasteiger partial charge in [-0.05, 0) is 31.5 Å². The van der Waals surface area contributed by atoms with Gasteiger partial charge in [0.05, 0.1) is 12.4 Å². The second-order valence-corrected chi connectivity index (χ2v) is 7.21. The number of rotatable bonds is 5. The molecule has 1 aromatic carbocycles. The van der Waals surface area contributed by atoms with E-state index in [0.717, 1.165) is 13.0 Å². The first-order valence-electron chi connectivity index (χ1n) is 6.55. The van der Waals surface area contributed by atoms with Gasteiger partial charge in [-0.3, -0.25) is 0 Å². The van der Waals surface area contributed by atoms with Crippen LogP contribution in [0.15, 0.2) is 18.2 Å². The number of piperidine rings is 1. The van der Waals surface area contributed by atoms with Crippen LogP contribution in [0, 0.1) is 0 Å². The molecule has 20 heavy (non-hydrogen) atoms. The van der Waals surface area contributed by atoms with E-state index in [1.54, 1.807) is 18.2 Å². The van der Waals surface area contributed by atoms with Crippen LogP contribution in [0.1, 0.15) is 18.4 Å². The fourth-order valence-electron chi connectivity index (χ4n) is 2.28. The van der Waals surface area contributed by atoms with Crippen LogP contribution >= 0.6 is 11.6 Å². The van der Waals surface area contributed by atoms with E-state index >= 15 is 0 Å². The molecule has 1 aliphatic heterocycles. The number of sulfonamides is 1. The highest BCUT2D eigenvalue weighted by atomic mass is 35.5. The second kappa shape index (κ2) is 6.76. The van der Waals surface area contributed by atoms with Crippen molar-refractivity contribution in [3.8, 4) is 5.75 Å². The first kappa shape index (κ1) is 15.6. The highest BCUT2D eigenvalue weighted by Crippen LogP contribution is 2.26. The molecule has 0 bridgehead atoms. The van der Waals surface area contributed by atoms with Crippen molar-refractivity contribution in [3.63, 3.8) is 0 Å². The third kappa shape index (κ3) is 3.63. The molecule has 5 nitrogen and oxygen atoms in total. The largest absolute Gasteiger partial charge is 0.496 e. The third-order valence-electron chi connectivity index (χ3n) is 3.44. The van der Waals surface area contributed by atoms with Crippen molar-refractivity contribution in [2.24, 2.45) is 0 Å². The van der Waals surface area contributed by atoms with Gasteiger partial charge < -0.3 is 10.1 Å². The molecule has 0 saturated carbocycles. The van der Waals surface area contributed by atoms with E-state index in [0.29, 0.717) is 29.3 Å². The normalized spacial score (nSPS) is 19.8. The third-order valence-corrected chi connectivity index (χ3v) is 5.62. The molecule has 0 spiro atoms. The maximum Gasteiger partial charge on any atom is 0.216 e. The Morgan fingerprint density at radius 2 is 2.30 bits per heavy atom. The molecule has 1 unspecified atom stereocenters. The summed E-state index contributed by atoms with van der Waals surface area (Å²) in [4.78, 5) is 0. The maximum atomic E-state index is 12.2. The van der Waals surface area contributed by atoms with Gasteiger partial charge in [-0.2, -0.15) is 0 Å². The van der Waals surface area contributed by atoms with Crippen molar-refractivity contribution in [1.29, 1.82) is 0 Å². The molecule has 1 aliphatic rings. The number of methoxy groups -OCH3 is 1. The average Bonchev–Trinajstić information content (AvgIpc) is 2.46. The van der Waals surface area contributed by atoms with Gasteiger partial charge in [-0.25, -0.2) is 13.1 Å². The fourth-order valence-corrected chi connectivity index (χ4v) is 3.91. The Kier molecular flexibility index (Phi) is 5.26. The van der Waals surface area contributed by atoms with Crippen molar-refractivity contribution in [3.05, 3.63) is 28.8 Å². The van der Waals surface area contributed by atoms with E-state index in [9.17, 15) is 8.42 Å². The second-order valence-electron chi connectivity index (χ2n) is 4.76. The highest BCUT2D eigenvalue weighted by Gasteiger charge is 2.27. The number of benzene rings is 1. The summed E-state index contributed by atoms with van der Waals surface area (Å²) in [5.74, 6) is 0.585. The lowest BCUT2D eigenvalue weighted by atomic mass is 10.2. The predicted molar refractivity (Wildman–Crippen MR) is 79.7 cm³/mol. The Labute approximate surface area is 124 Å². The molecule has 1 atom stereocenters. The first-order valence-corrected chi connectivity index (χ1v) is 8.47. The lowest BCUT2D eigenvalue weighted by Gasteiger charge is -2.23. The Hall–Kier alpha value is -0.820. The molecular formula is C13H19ClN2O3S. The SMILES string of the molecule is COc1cccc(Cl)c1CNS(=O)(=O)C1CCCNC1.